The largest absolute Gasteiger partial charge is 0.366 e. The van der Waals surface area contributed by atoms with Gasteiger partial charge in [0.25, 0.3) is 5.91 Å². The van der Waals surface area contributed by atoms with Crippen molar-refractivity contribution >= 4 is 11.8 Å². The second-order valence-corrected chi connectivity index (χ2v) is 4.66. The molecule has 1 aromatic rings. The van der Waals surface area contributed by atoms with E-state index in [1.165, 1.54) is 6.07 Å². The molecule has 0 radical (unpaired) electrons. The van der Waals surface area contributed by atoms with Crippen LogP contribution in [0.25, 0.3) is 0 Å². The summed E-state index contributed by atoms with van der Waals surface area (Å²) in [4.78, 5) is 22.9. The number of carbonyl (C=O) groups excluding carboxylic acids is 2. The molecule has 5 N–H and O–H groups in total. The van der Waals surface area contributed by atoms with Crippen molar-refractivity contribution in [3.63, 3.8) is 0 Å². The molecule has 0 saturated heterocycles. The molecule has 1 fully saturated rings. The number of rotatable bonds is 5. The van der Waals surface area contributed by atoms with Crippen LogP contribution in [-0.2, 0) is 0 Å². The van der Waals surface area contributed by atoms with E-state index >= 15 is 0 Å². The van der Waals surface area contributed by atoms with E-state index in [2.05, 4.69) is 5.32 Å². The summed E-state index contributed by atoms with van der Waals surface area (Å²) < 4.78 is 0. The van der Waals surface area contributed by atoms with Gasteiger partial charge in [0, 0.05) is 23.7 Å². The molecule has 0 spiro atoms. The molecule has 2 amide bonds. The summed E-state index contributed by atoms with van der Waals surface area (Å²) in [5.74, 6) is -0.226. The summed E-state index contributed by atoms with van der Waals surface area (Å²) in [6.07, 6.45) is 2.29. The van der Waals surface area contributed by atoms with Crippen LogP contribution in [0, 0.1) is 5.92 Å². The van der Waals surface area contributed by atoms with E-state index in [0.29, 0.717) is 23.6 Å². The molecule has 0 aromatic heterocycles. The quantitative estimate of drug-likeness (QED) is 0.695. The van der Waals surface area contributed by atoms with Crippen molar-refractivity contribution in [3.8, 4) is 0 Å². The summed E-state index contributed by atoms with van der Waals surface area (Å²) in [5.41, 5.74) is 11.8. The molecule has 0 heterocycles. The lowest BCUT2D eigenvalue weighted by molar-refractivity contribution is 0.0950. The minimum atomic E-state index is -0.542. The van der Waals surface area contributed by atoms with Crippen molar-refractivity contribution in [1.29, 1.82) is 0 Å². The maximum atomic E-state index is 11.8. The first-order valence-electron chi connectivity index (χ1n) is 6.01. The normalized spacial score (nSPS) is 16.1. The van der Waals surface area contributed by atoms with Gasteiger partial charge in [-0.1, -0.05) is 6.07 Å². The molecule has 96 valence electrons. The Morgan fingerprint density at radius 2 is 2.00 bits per heavy atom. The molecule has 1 unspecified atom stereocenters. The highest BCUT2D eigenvalue weighted by Crippen LogP contribution is 2.31. The SMILES string of the molecule is NC(=O)c1cccc(C(=O)NCC(N)C2CC2)c1. The molecule has 1 aliphatic rings. The molecule has 0 aliphatic heterocycles. The number of nitrogens with one attached hydrogen (secondary N) is 1. The monoisotopic (exact) mass is 247 g/mol. The van der Waals surface area contributed by atoms with Gasteiger partial charge in [-0.25, -0.2) is 0 Å². The van der Waals surface area contributed by atoms with Crippen LogP contribution < -0.4 is 16.8 Å². The van der Waals surface area contributed by atoms with E-state index in [-0.39, 0.29) is 11.9 Å². The zero-order valence-corrected chi connectivity index (χ0v) is 10.1. The van der Waals surface area contributed by atoms with Gasteiger partial charge in [-0.15, -0.1) is 0 Å². The number of primary amides is 1. The summed E-state index contributed by atoms with van der Waals surface area (Å²) >= 11 is 0. The van der Waals surface area contributed by atoms with Gasteiger partial charge in [-0.05, 0) is 37.0 Å². The first-order chi connectivity index (χ1) is 8.58. The molecule has 1 aromatic carbocycles. The molecule has 5 nitrogen and oxygen atoms in total. The standard InChI is InChI=1S/C13H17N3O2/c14-11(8-4-5-8)7-16-13(18)10-3-1-2-9(6-10)12(15)17/h1-3,6,8,11H,4-5,7,14H2,(H2,15,17)(H,16,18). The summed E-state index contributed by atoms with van der Waals surface area (Å²) in [5, 5.41) is 2.77. The van der Waals surface area contributed by atoms with Crippen LogP contribution in [0.2, 0.25) is 0 Å². The van der Waals surface area contributed by atoms with Crippen LogP contribution in [0.15, 0.2) is 24.3 Å². The summed E-state index contributed by atoms with van der Waals surface area (Å²) in [6.45, 7) is 0.463. The fourth-order valence-electron chi connectivity index (χ4n) is 1.82. The Labute approximate surface area is 106 Å². The highest BCUT2D eigenvalue weighted by molar-refractivity contribution is 5.99. The Hall–Kier alpha value is -1.88. The molecule has 2 rings (SSSR count). The topological polar surface area (TPSA) is 98.2 Å². The van der Waals surface area contributed by atoms with Gasteiger partial charge in [0.1, 0.15) is 0 Å². The molecule has 0 bridgehead atoms. The third kappa shape index (κ3) is 3.07. The van der Waals surface area contributed by atoms with Crippen molar-refractivity contribution < 1.29 is 9.59 Å². The summed E-state index contributed by atoms with van der Waals surface area (Å²) in [7, 11) is 0. The van der Waals surface area contributed by atoms with Crippen molar-refractivity contribution in [3.05, 3.63) is 35.4 Å². The number of benzene rings is 1. The minimum absolute atomic E-state index is 0.0215. The van der Waals surface area contributed by atoms with Crippen LogP contribution in [0.5, 0.6) is 0 Å². The molecular weight excluding hydrogens is 230 g/mol. The second-order valence-electron chi connectivity index (χ2n) is 4.66. The Balaban J connectivity index is 1.95. The number of amides is 2. The average Bonchev–Trinajstić information content (AvgIpc) is 3.20. The molecule has 1 aliphatic carbocycles. The van der Waals surface area contributed by atoms with E-state index in [0.717, 1.165) is 12.8 Å². The smallest absolute Gasteiger partial charge is 0.251 e. The first kappa shape index (κ1) is 12.6. The third-order valence-electron chi connectivity index (χ3n) is 3.14. The lowest BCUT2D eigenvalue weighted by Gasteiger charge is -2.11. The van der Waals surface area contributed by atoms with Crippen molar-refractivity contribution in [2.45, 2.75) is 18.9 Å². The van der Waals surface area contributed by atoms with Gasteiger partial charge in [0.05, 0.1) is 0 Å². The van der Waals surface area contributed by atoms with Gasteiger partial charge in [0.2, 0.25) is 5.91 Å². The van der Waals surface area contributed by atoms with Gasteiger partial charge < -0.3 is 16.8 Å². The Bertz CT molecular complexity index is 469. The first-order valence-corrected chi connectivity index (χ1v) is 6.01. The van der Waals surface area contributed by atoms with Crippen molar-refractivity contribution in [2.75, 3.05) is 6.54 Å². The zero-order valence-electron chi connectivity index (χ0n) is 10.1. The van der Waals surface area contributed by atoms with Crippen LogP contribution >= 0.6 is 0 Å². The lowest BCUT2D eigenvalue weighted by atomic mass is 10.1. The van der Waals surface area contributed by atoms with Gasteiger partial charge >= 0.3 is 0 Å². The molecule has 18 heavy (non-hydrogen) atoms. The fraction of sp³-hybridized carbons (Fsp3) is 0.385. The van der Waals surface area contributed by atoms with Gasteiger partial charge in [0.15, 0.2) is 0 Å². The van der Waals surface area contributed by atoms with Crippen LogP contribution in [-0.4, -0.2) is 24.4 Å². The van der Waals surface area contributed by atoms with E-state index in [9.17, 15) is 9.59 Å². The predicted molar refractivity (Wildman–Crippen MR) is 68.0 cm³/mol. The number of carbonyl (C=O) groups is 2. The van der Waals surface area contributed by atoms with E-state index in [4.69, 9.17) is 11.5 Å². The predicted octanol–water partition coefficient (Wildman–Crippen LogP) is 0.253. The maximum Gasteiger partial charge on any atom is 0.251 e. The van der Waals surface area contributed by atoms with Gasteiger partial charge in [-0.2, -0.15) is 0 Å². The van der Waals surface area contributed by atoms with E-state index in [1.807, 2.05) is 0 Å². The van der Waals surface area contributed by atoms with E-state index < -0.39 is 5.91 Å². The average molecular weight is 247 g/mol. The Morgan fingerprint density at radius 3 is 2.61 bits per heavy atom. The van der Waals surface area contributed by atoms with Crippen LogP contribution in [0.1, 0.15) is 33.6 Å². The van der Waals surface area contributed by atoms with Crippen molar-refractivity contribution in [1.82, 2.24) is 5.32 Å². The van der Waals surface area contributed by atoms with Crippen molar-refractivity contribution in [2.24, 2.45) is 17.4 Å². The number of hydrogen-bond donors (Lipinski definition) is 3. The zero-order chi connectivity index (χ0) is 13.1. The summed E-state index contributed by atoms with van der Waals surface area (Å²) in [6, 6.07) is 6.36. The van der Waals surface area contributed by atoms with Gasteiger partial charge in [-0.3, -0.25) is 9.59 Å². The lowest BCUT2D eigenvalue weighted by Crippen LogP contribution is -2.38. The third-order valence-corrected chi connectivity index (χ3v) is 3.14. The maximum absolute atomic E-state index is 11.8. The number of nitrogens with two attached hydrogens (primary N) is 2. The van der Waals surface area contributed by atoms with Crippen LogP contribution in [0.3, 0.4) is 0 Å². The number of hydrogen-bond acceptors (Lipinski definition) is 3. The Kier molecular flexibility index (Phi) is 3.62. The Morgan fingerprint density at radius 1 is 1.33 bits per heavy atom. The molecular formula is C13H17N3O2. The molecule has 5 heteroatoms. The highest BCUT2D eigenvalue weighted by atomic mass is 16.2. The fourth-order valence-corrected chi connectivity index (χ4v) is 1.82. The second kappa shape index (κ2) is 5.18. The molecule has 1 saturated carbocycles. The highest BCUT2D eigenvalue weighted by Gasteiger charge is 2.28. The van der Waals surface area contributed by atoms with Crippen LogP contribution in [0.4, 0.5) is 0 Å². The minimum Gasteiger partial charge on any atom is -0.366 e. The molecule has 1 atom stereocenters. The van der Waals surface area contributed by atoms with E-state index in [1.54, 1.807) is 18.2 Å².